The van der Waals surface area contributed by atoms with Gasteiger partial charge in [0.15, 0.2) is 6.04 Å². The Morgan fingerprint density at radius 3 is 2.50 bits per heavy atom. The molecule has 0 spiro atoms. The molecular weight excluding hydrogens is 393 g/mol. The second kappa shape index (κ2) is 10.1. The summed E-state index contributed by atoms with van der Waals surface area (Å²) >= 11 is 12.1. The Morgan fingerprint density at radius 2 is 1.82 bits per heavy atom. The van der Waals surface area contributed by atoms with Gasteiger partial charge in [0.2, 0.25) is 0 Å². The van der Waals surface area contributed by atoms with Crippen molar-refractivity contribution in [1.29, 1.82) is 0 Å². The second-order valence-corrected chi connectivity index (χ2v) is 8.10. The van der Waals surface area contributed by atoms with Gasteiger partial charge in [0.1, 0.15) is 26.2 Å². The van der Waals surface area contributed by atoms with Crippen molar-refractivity contribution in [3.05, 3.63) is 70.2 Å². The molecule has 3 N–H and O–H groups in total. The van der Waals surface area contributed by atoms with Gasteiger partial charge in [0.25, 0.3) is 5.91 Å². The van der Waals surface area contributed by atoms with Crippen LogP contribution in [0.15, 0.2) is 54.6 Å². The summed E-state index contributed by atoms with van der Waals surface area (Å²) < 4.78 is 0. The zero-order chi connectivity index (χ0) is 19.9. The molecule has 3 rings (SSSR count). The van der Waals surface area contributed by atoms with E-state index in [4.69, 9.17) is 23.2 Å². The van der Waals surface area contributed by atoms with Gasteiger partial charge in [0, 0.05) is 5.02 Å². The summed E-state index contributed by atoms with van der Waals surface area (Å²) in [7, 11) is 0. The summed E-state index contributed by atoms with van der Waals surface area (Å²) in [5.41, 5.74) is 1.84. The third-order valence-corrected chi connectivity index (χ3v) is 5.86. The molecule has 0 radical (unpaired) electrons. The molecule has 1 saturated heterocycles. The Bertz CT molecular complexity index is 818. The molecule has 1 amide bonds. The third-order valence-electron chi connectivity index (χ3n) is 5.31. The molecule has 1 atom stereocenters. The van der Waals surface area contributed by atoms with Gasteiger partial charge >= 0.3 is 0 Å². The van der Waals surface area contributed by atoms with Crippen LogP contribution in [0.25, 0.3) is 6.08 Å². The predicted molar refractivity (Wildman–Crippen MR) is 116 cm³/mol. The zero-order valence-electron chi connectivity index (χ0n) is 16.1. The van der Waals surface area contributed by atoms with E-state index in [1.165, 1.54) is 10.5 Å². The number of halogens is 2. The van der Waals surface area contributed by atoms with Crippen molar-refractivity contribution in [2.75, 3.05) is 38.0 Å². The molecule has 6 heteroatoms. The van der Waals surface area contributed by atoms with E-state index in [-0.39, 0.29) is 11.9 Å². The molecule has 2 aromatic rings. The average Bonchev–Trinajstić information content (AvgIpc) is 2.71. The van der Waals surface area contributed by atoms with E-state index in [1.807, 2.05) is 13.0 Å². The maximum absolute atomic E-state index is 12.6. The van der Waals surface area contributed by atoms with Gasteiger partial charge in [-0.15, -0.1) is 0 Å². The molecule has 0 bridgehead atoms. The lowest BCUT2D eigenvalue weighted by Crippen LogP contribution is -3.29. The van der Waals surface area contributed by atoms with Gasteiger partial charge in [-0.05, 0) is 36.8 Å². The Morgan fingerprint density at radius 1 is 1.11 bits per heavy atom. The number of amides is 1. The number of rotatable bonds is 6. The van der Waals surface area contributed by atoms with Crippen LogP contribution < -0.4 is 15.1 Å². The standard InChI is InChI=1S/C22H25Cl2N3O/c1-17(22(28)25-21-10-9-19(23)16-20(21)24)27-14-12-26(13-15-27)11-5-8-18-6-3-2-4-7-18/h2-10,16-17H,11-15H2,1H3,(H,25,28)/p+2/b8-5+/t17-/m0/s1. The lowest BCUT2D eigenvalue weighted by atomic mass is 10.2. The van der Waals surface area contributed by atoms with Crippen molar-refractivity contribution in [3.8, 4) is 0 Å². The van der Waals surface area contributed by atoms with Crippen LogP contribution >= 0.6 is 23.2 Å². The Balaban J connectivity index is 1.46. The van der Waals surface area contributed by atoms with Crippen LogP contribution in [0, 0.1) is 0 Å². The molecule has 0 aromatic heterocycles. The molecule has 1 aliphatic heterocycles. The number of nitrogens with one attached hydrogen (secondary N) is 3. The van der Waals surface area contributed by atoms with E-state index >= 15 is 0 Å². The van der Waals surface area contributed by atoms with Crippen LogP contribution in [-0.2, 0) is 4.79 Å². The summed E-state index contributed by atoms with van der Waals surface area (Å²) in [6, 6.07) is 15.4. The molecule has 1 fully saturated rings. The van der Waals surface area contributed by atoms with Gasteiger partial charge in [-0.2, -0.15) is 0 Å². The highest BCUT2D eigenvalue weighted by Gasteiger charge is 2.30. The first-order valence-electron chi connectivity index (χ1n) is 9.68. The van der Waals surface area contributed by atoms with Gasteiger partial charge in [-0.3, -0.25) is 4.79 Å². The Hall–Kier alpha value is -1.85. The molecule has 1 aliphatic rings. The minimum Gasteiger partial charge on any atom is -0.322 e. The van der Waals surface area contributed by atoms with E-state index in [2.05, 4.69) is 41.7 Å². The summed E-state index contributed by atoms with van der Waals surface area (Å²) in [6.07, 6.45) is 4.42. The van der Waals surface area contributed by atoms with Crippen LogP contribution in [0.5, 0.6) is 0 Å². The lowest BCUT2D eigenvalue weighted by molar-refractivity contribution is -1.02. The zero-order valence-corrected chi connectivity index (χ0v) is 17.6. The van der Waals surface area contributed by atoms with Crippen LogP contribution in [0.4, 0.5) is 5.69 Å². The fraction of sp³-hybridized carbons (Fsp3) is 0.318. The molecule has 1 heterocycles. The average molecular weight is 420 g/mol. The molecule has 0 saturated carbocycles. The SMILES string of the molecule is C[C@@H](C(=O)Nc1ccc(Cl)cc1Cl)[NH+]1CC[NH+](C/C=C/c2ccccc2)CC1. The number of carbonyl (C=O) groups is 1. The van der Waals surface area contributed by atoms with E-state index in [0.717, 1.165) is 32.7 Å². The number of hydrogen-bond acceptors (Lipinski definition) is 1. The van der Waals surface area contributed by atoms with Crippen molar-refractivity contribution in [3.63, 3.8) is 0 Å². The van der Waals surface area contributed by atoms with Crippen LogP contribution in [0.2, 0.25) is 10.0 Å². The van der Waals surface area contributed by atoms with E-state index < -0.39 is 0 Å². The molecule has 0 aliphatic carbocycles. The van der Waals surface area contributed by atoms with Gasteiger partial charge in [-0.25, -0.2) is 0 Å². The fourth-order valence-corrected chi connectivity index (χ4v) is 3.96. The first kappa shape index (κ1) is 20.9. The number of carbonyl (C=O) groups excluding carboxylic acids is 1. The Kier molecular flexibility index (Phi) is 7.51. The second-order valence-electron chi connectivity index (χ2n) is 7.26. The highest BCUT2D eigenvalue weighted by Crippen LogP contribution is 2.25. The number of piperazine rings is 1. The van der Waals surface area contributed by atoms with Crippen LogP contribution in [0.3, 0.4) is 0 Å². The van der Waals surface area contributed by atoms with Crippen LogP contribution in [0.1, 0.15) is 12.5 Å². The molecule has 28 heavy (non-hydrogen) atoms. The maximum atomic E-state index is 12.6. The minimum atomic E-state index is -0.117. The van der Waals surface area contributed by atoms with E-state index in [1.54, 1.807) is 23.1 Å². The summed E-state index contributed by atoms with van der Waals surface area (Å²) in [4.78, 5) is 15.5. The number of anilines is 1. The summed E-state index contributed by atoms with van der Waals surface area (Å²) in [5, 5.41) is 3.95. The number of benzene rings is 2. The van der Waals surface area contributed by atoms with Gasteiger partial charge < -0.3 is 15.1 Å². The number of hydrogen-bond donors (Lipinski definition) is 3. The molecular formula is C22H27Cl2N3O+2. The topological polar surface area (TPSA) is 38.0 Å². The third kappa shape index (κ3) is 5.82. The molecule has 148 valence electrons. The number of quaternary nitrogens is 2. The highest BCUT2D eigenvalue weighted by atomic mass is 35.5. The van der Waals surface area contributed by atoms with Gasteiger partial charge in [-0.1, -0.05) is 59.6 Å². The quantitative estimate of drug-likeness (QED) is 0.656. The van der Waals surface area contributed by atoms with Crippen molar-refractivity contribution < 1.29 is 14.6 Å². The normalized spacial score (nSPS) is 20.8. The van der Waals surface area contributed by atoms with Crippen molar-refractivity contribution in [2.45, 2.75) is 13.0 Å². The first-order chi connectivity index (χ1) is 13.5. The molecule has 2 aromatic carbocycles. The van der Waals surface area contributed by atoms with Crippen molar-refractivity contribution in [1.82, 2.24) is 0 Å². The molecule has 4 nitrogen and oxygen atoms in total. The van der Waals surface area contributed by atoms with Crippen LogP contribution in [-0.4, -0.2) is 44.7 Å². The first-order valence-corrected chi connectivity index (χ1v) is 10.4. The van der Waals surface area contributed by atoms with E-state index in [9.17, 15) is 4.79 Å². The smallest absolute Gasteiger partial charge is 0.282 e. The summed E-state index contributed by atoms with van der Waals surface area (Å²) in [6.45, 7) is 7.09. The van der Waals surface area contributed by atoms with Crippen molar-refractivity contribution in [2.24, 2.45) is 0 Å². The van der Waals surface area contributed by atoms with Crippen molar-refractivity contribution >= 4 is 40.9 Å². The predicted octanol–water partition coefficient (Wildman–Crippen LogP) is 1.82. The van der Waals surface area contributed by atoms with Gasteiger partial charge in [0.05, 0.1) is 17.3 Å². The fourth-order valence-electron chi connectivity index (χ4n) is 3.50. The monoisotopic (exact) mass is 419 g/mol. The van der Waals surface area contributed by atoms with E-state index in [0.29, 0.717) is 15.7 Å². The highest BCUT2D eigenvalue weighted by molar-refractivity contribution is 6.36. The Labute approximate surface area is 176 Å². The largest absolute Gasteiger partial charge is 0.322 e. The minimum absolute atomic E-state index is 0.00774. The maximum Gasteiger partial charge on any atom is 0.282 e. The molecule has 0 unspecified atom stereocenters. The lowest BCUT2D eigenvalue weighted by Gasteiger charge is -2.32. The summed E-state index contributed by atoms with van der Waals surface area (Å²) in [5.74, 6) is -0.00774.